The lowest BCUT2D eigenvalue weighted by Crippen LogP contribution is -2.29. The Morgan fingerprint density at radius 3 is 2.73 bits per heavy atom. The summed E-state index contributed by atoms with van der Waals surface area (Å²) in [4.78, 5) is 21.3. The monoisotopic (exact) mass is 503 g/mol. The first-order chi connectivity index (χ1) is 15.6. The van der Waals surface area contributed by atoms with Crippen LogP contribution in [0, 0.1) is 5.82 Å². The van der Waals surface area contributed by atoms with Crippen molar-refractivity contribution >= 4 is 56.2 Å². The van der Waals surface area contributed by atoms with Gasteiger partial charge in [0, 0.05) is 23.5 Å². The van der Waals surface area contributed by atoms with Crippen molar-refractivity contribution in [3.05, 3.63) is 64.8 Å². The van der Waals surface area contributed by atoms with Gasteiger partial charge in [-0.25, -0.2) is 9.37 Å². The van der Waals surface area contributed by atoms with Crippen LogP contribution in [0.15, 0.2) is 48.5 Å². The van der Waals surface area contributed by atoms with Crippen LogP contribution in [0.1, 0.15) is 17.4 Å². The van der Waals surface area contributed by atoms with Crippen LogP contribution >= 0.6 is 35.1 Å². The molecule has 9 heteroatoms. The summed E-state index contributed by atoms with van der Waals surface area (Å²) in [6.45, 7) is 4.91. The quantitative estimate of drug-likeness (QED) is 0.351. The number of hydrogen-bond donors (Lipinski definition) is 1. The third-order valence-corrected chi connectivity index (χ3v) is 7.71. The van der Waals surface area contributed by atoms with E-state index in [1.165, 1.54) is 34.7 Å². The third-order valence-electron chi connectivity index (χ3n) is 5.53. The maximum absolute atomic E-state index is 13.1. The molecule has 1 N–H and O–H groups in total. The van der Waals surface area contributed by atoms with Gasteiger partial charge in [-0.05, 0) is 54.9 Å². The first-order valence-corrected chi connectivity index (χ1v) is 12.1. The minimum absolute atomic E-state index is 0. The minimum atomic E-state index is -0.340. The molecule has 0 bridgehead atoms. The highest BCUT2D eigenvalue weighted by Gasteiger charge is 2.27. The van der Waals surface area contributed by atoms with Gasteiger partial charge in [-0.15, -0.1) is 35.1 Å². The molecule has 0 saturated heterocycles. The number of carbonyl (C=O) groups is 1. The molecule has 2 aromatic heterocycles. The molecule has 1 amide bonds. The fourth-order valence-electron chi connectivity index (χ4n) is 3.86. The van der Waals surface area contributed by atoms with E-state index in [-0.39, 0.29) is 30.7 Å². The smallest absolute Gasteiger partial charge is 0.262 e. The van der Waals surface area contributed by atoms with Gasteiger partial charge in [-0.1, -0.05) is 19.1 Å². The number of para-hydroxylation sites is 1. The van der Waals surface area contributed by atoms with Crippen LogP contribution < -0.4 is 10.1 Å². The number of ether oxygens (including phenoxy) is 1. The maximum Gasteiger partial charge on any atom is 0.262 e. The van der Waals surface area contributed by atoms with Gasteiger partial charge < -0.3 is 10.1 Å². The van der Waals surface area contributed by atoms with E-state index in [1.807, 2.05) is 18.2 Å². The summed E-state index contributed by atoms with van der Waals surface area (Å²) >= 11 is 3.28. The average Bonchev–Trinajstić information content (AvgIpc) is 3.38. The van der Waals surface area contributed by atoms with Crippen molar-refractivity contribution in [3.8, 4) is 16.3 Å². The number of benzene rings is 2. The highest BCUT2D eigenvalue weighted by molar-refractivity contribution is 7.22. The SMILES string of the molecule is CCN1CCc2c(sc(NC(=O)COc3ccc(F)cc3)c2-c2nc3ccccc3s2)C1.Cl. The Morgan fingerprint density at radius 2 is 1.97 bits per heavy atom. The zero-order chi connectivity index (χ0) is 22.1. The topological polar surface area (TPSA) is 54.5 Å². The van der Waals surface area contributed by atoms with Gasteiger partial charge in [-0.3, -0.25) is 9.69 Å². The molecule has 0 spiro atoms. The fourth-order valence-corrected chi connectivity index (χ4v) is 6.28. The van der Waals surface area contributed by atoms with Crippen molar-refractivity contribution in [3.63, 3.8) is 0 Å². The number of likely N-dealkylation sites (N-methyl/N-ethyl adjacent to an activating group) is 1. The first kappa shape index (κ1) is 23.6. The summed E-state index contributed by atoms with van der Waals surface area (Å²) in [6.07, 6.45) is 0.937. The number of carbonyl (C=O) groups excluding carboxylic acids is 1. The van der Waals surface area contributed by atoms with Gasteiger partial charge in [0.1, 0.15) is 21.6 Å². The normalized spacial score (nSPS) is 13.4. The standard InChI is InChI=1S/C24H22FN3O2S2.ClH/c1-2-28-12-11-17-20(13-28)32-24(22(17)23-26-18-5-3-4-6-19(18)31-23)27-21(29)14-30-16-9-7-15(25)8-10-16;/h3-10H,2,11-14H2,1H3,(H,27,29);1H. The second-order valence-corrected chi connectivity index (χ2v) is 9.74. The Morgan fingerprint density at radius 1 is 1.18 bits per heavy atom. The number of hydrogen-bond acceptors (Lipinski definition) is 6. The van der Waals surface area contributed by atoms with Gasteiger partial charge >= 0.3 is 0 Å². The van der Waals surface area contributed by atoms with Crippen molar-refractivity contribution < 1.29 is 13.9 Å². The predicted octanol–water partition coefficient (Wildman–Crippen LogP) is 5.98. The molecule has 0 unspecified atom stereocenters. The molecule has 0 fully saturated rings. The van der Waals surface area contributed by atoms with Gasteiger partial charge in [0.25, 0.3) is 5.91 Å². The second kappa shape index (κ2) is 10.2. The number of thiophene rings is 1. The van der Waals surface area contributed by atoms with E-state index in [0.29, 0.717) is 5.75 Å². The van der Waals surface area contributed by atoms with E-state index in [2.05, 4.69) is 23.2 Å². The fraction of sp³-hybridized carbons (Fsp3) is 0.250. The molecule has 4 aromatic rings. The van der Waals surface area contributed by atoms with Gasteiger partial charge in [0.2, 0.25) is 0 Å². The summed E-state index contributed by atoms with van der Waals surface area (Å²) < 4.78 is 19.7. The molecule has 3 heterocycles. The van der Waals surface area contributed by atoms with E-state index in [1.54, 1.807) is 22.7 Å². The van der Waals surface area contributed by atoms with Gasteiger partial charge in [0.15, 0.2) is 6.61 Å². The molecule has 5 rings (SSSR count). The highest BCUT2D eigenvalue weighted by atomic mass is 35.5. The molecular weight excluding hydrogens is 481 g/mol. The number of halogens is 2. The second-order valence-electron chi connectivity index (χ2n) is 7.60. The maximum atomic E-state index is 13.1. The Kier molecular flexibility index (Phi) is 7.29. The number of nitrogens with zero attached hydrogens (tertiary/aromatic N) is 2. The Balaban J connectivity index is 0.00000259. The zero-order valence-corrected chi connectivity index (χ0v) is 20.4. The number of thiazole rings is 1. The van der Waals surface area contributed by atoms with E-state index in [4.69, 9.17) is 9.72 Å². The van der Waals surface area contributed by atoms with Crippen molar-refractivity contribution in [1.29, 1.82) is 0 Å². The van der Waals surface area contributed by atoms with Gasteiger partial charge in [0.05, 0.1) is 10.2 Å². The van der Waals surface area contributed by atoms with Crippen molar-refractivity contribution in [1.82, 2.24) is 9.88 Å². The van der Waals surface area contributed by atoms with Crippen LogP contribution in [0.5, 0.6) is 5.75 Å². The van der Waals surface area contributed by atoms with E-state index in [0.717, 1.165) is 51.8 Å². The summed E-state index contributed by atoms with van der Waals surface area (Å²) in [5, 5.41) is 4.81. The molecule has 0 atom stereocenters. The lowest BCUT2D eigenvalue weighted by molar-refractivity contribution is -0.118. The van der Waals surface area contributed by atoms with E-state index in [9.17, 15) is 9.18 Å². The number of fused-ring (bicyclic) bond motifs is 2. The lowest BCUT2D eigenvalue weighted by atomic mass is 10.0. The predicted molar refractivity (Wildman–Crippen MR) is 135 cm³/mol. The summed E-state index contributed by atoms with van der Waals surface area (Å²) in [6, 6.07) is 13.7. The van der Waals surface area contributed by atoms with Crippen LogP contribution in [0.4, 0.5) is 9.39 Å². The van der Waals surface area contributed by atoms with Crippen LogP contribution in [-0.2, 0) is 17.8 Å². The van der Waals surface area contributed by atoms with E-state index >= 15 is 0 Å². The molecular formula is C24H23ClFN3O2S2. The number of amides is 1. The van der Waals surface area contributed by atoms with Gasteiger partial charge in [-0.2, -0.15) is 0 Å². The summed E-state index contributed by atoms with van der Waals surface area (Å²) in [5.41, 5.74) is 3.29. The Bertz CT molecular complexity index is 1240. The number of nitrogens with one attached hydrogen (secondary N) is 1. The third kappa shape index (κ3) is 5.04. The average molecular weight is 504 g/mol. The molecule has 33 heavy (non-hydrogen) atoms. The molecule has 0 aliphatic carbocycles. The van der Waals surface area contributed by atoms with Crippen molar-refractivity contribution in [2.75, 3.05) is 25.0 Å². The molecule has 2 aromatic carbocycles. The van der Waals surface area contributed by atoms with Crippen LogP contribution in [-0.4, -0.2) is 35.5 Å². The summed E-state index contributed by atoms with van der Waals surface area (Å²) in [5.74, 6) is -0.132. The largest absolute Gasteiger partial charge is 0.484 e. The molecule has 0 saturated carbocycles. The first-order valence-electron chi connectivity index (χ1n) is 10.5. The van der Waals surface area contributed by atoms with Crippen molar-refractivity contribution in [2.24, 2.45) is 0 Å². The molecule has 1 aliphatic heterocycles. The Labute approximate surface area is 205 Å². The van der Waals surface area contributed by atoms with E-state index < -0.39 is 0 Å². The molecule has 1 aliphatic rings. The molecule has 172 valence electrons. The molecule has 0 radical (unpaired) electrons. The van der Waals surface area contributed by atoms with Crippen LogP contribution in [0.2, 0.25) is 0 Å². The summed E-state index contributed by atoms with van der Waals surface area (Å²) in [7, 11) is 0. The lowest BCUT2D eigenvalue weighted by Gasteiger charge is -2.25. The number of rotatable bonds is 6. The number of aromatic nitrogens is 1. The number of anilines is 1. The zero-order valence-electron chi connectivity index (χ0n) is 18.0. The minimum Gasteiger partial charge on any atom is -0.484 e. The van der Waals surface area contributed by atoms with Crippen LogP contribution in [0.3, 0.4) is 0 Å². The highest BCUT2D eigenvalue weighted by Crippen LogP contribution is 2.45. The molecule has 5 nitrogen and oxygen atoms in total. The van der Waals surface area contributed by atoms with Crippen LogP contribution in [0.25, 0.3) is 20.8 Å². The Hall–Kier alpha value is -2.52. The van der Waals surface area contributed by atoms with Crippen molar-refractivity contribution in [2.45, 2.75) is 19.9 Å².